The zero-order valence-electron chi connectivity index (χ0n) is 15.0. The molecule has 2 aromatic heterocycles. The predicted molar refractivity (Wildman–Crippen MR) is 89.3 cm³/mol. The van der Waals surface area contributed by atoms with E-state index in [9.17, 15) is 4.79 Å². The zero-order chi connectivity index (χ0) is 18.0. The van der Waals surface area contributed by atoms with Gasteiger partial charge in [-0.25, -0.2) is 4.98 Å². The number of carbonyl (C=O) groups excluding carboxylic acids is 1. The van der Waals surface area contributed by atoms with E-state index in [1.807, 2.05) is 20.9 Å². The number of aromatic amines is 1. The Morgan fingerprint density at radius 1 is 1.52 bits per heavy atom. The van der Waals surface area contributed by atoms with Crippen LogP contribution in [0.1, 0.15) is 29.6 Å². The molecule has 0 bridgehead atoms. The first kappa shape index (κ1) is 17.4. The fourth-order valence-electron chi connectivity index (χ4n) is 3.11. The molecule has 1 aliphatic rings. The number of carbonyl (C=O) groups is 1. The summed E-state index contributed by atoms with van der Waals surface area (Å²) in [5.74, 6) is 1.50. The zero-order valence-corrected chi connectivity index (χ0v) is 15.0. The number of amides is 1. The number of nitrogens with one attached hydrogen (secondary N) is 1. The molecule has 0 radical (unpaired) electrons. The van der Waals surface area contributed by atoms with Gasteiger partial charge in [0.25, 0.3) is 5.91 Å². The predicted octanol–water partition coefficient (Wildman–Crippen LogP) is 0.565. The van der Waals surface area contributed by atoms with Gasteiger partial charge in [0.1, 0.15) is 17.8 Å². The molecule has 0 aliphatic carbocycles. The molecule has 0 unspecified atom stereocenters. The Bertz CT molecular complexity index is 727. The van der Waals surface area contributed by atoms with Gasteiger partial charge in [-0.2, -0.15) is 10.2 Å². The molecule has 3 rings (SSSR count). The minimum Gasteiger partial charge on any atom is -0.480 e. The lowest BCUT2D eigenvalue weighted by Crippen LogP contribution is -2.39. The third-order valence-corrected chi connectivity index (χ3v) is 4.66. The van der Waals surface area contributed by atoms with Crippen LogP contribution in [0.5, 0.6) is 5.75 Å². The first-order valence-electron chi connectivity index (χ1n) is 8.31. The number of likely N-dealkylation sites (N-methyl/N-ethyl adjacent to an activating group) is 1. The second-order valence-corrected chi connectivity index (χ2v) is 6.36. The molecule has 9 heteroatoms. The summed E-state index contributed by atoms with van der Waals surface area (Å²) in [4.78, 5) is 18.3. The molecular formula is C16H24N6O3. The SMILES string of the molecule is Cc1nn(C)c(C)c1OCC(=O)N(C)C[C@H]1OCC[C@H]1c1ncn[nH]1. The molecule has 3 heterocycles. The first-order valence-corrected chi connectivity index (χ1v) is 8.31. The Kier molecular flexibility index (Phi) is 5.03. The number of hydrogen-bond acceptors (Lipinski definition) is 6. The van der Waals surface area contributed by atoms with E-state index >= 15 is 0 Å². The van der Waals surface area contributed by atoms with E-state index < -0.39 is 0 Å². The highest BCUT2D eigenvalue weighted by molar-refractivity contribution is 5.77. The third-order valence-electron chi connectivity index (χ3n) is 4.66. The van der Waals surface area contributed by atoms with Crippen molar-refractivity contribution in [1.82, 2.24) is 29.9 Å². The average molecular weight is 348 g/mol. The lowest BCUT2D eigenvalue weighted by molar-refractivity contribution is -0.133. The van der Waals surface area contributed by atoms with E-state index in [0.717, 1.165) is 23.6 Å². The van der Waals surface area contributed by atoms with Crippen molar-refractivity contribution in [3.8, 4) is 5.75 Å². The summed E-state index contributed by atoms with van der Waals surface area (Å²) < 4.78 is 13.2. The summed E-state index contributed by atoms with van der Waals surface area (Å²) in [5.41, 5.74) is 1.68. The molecule has 1 saturated heterocycles. The van der Waals surface area contributed by atoms with Gasteiger partial charge in [0, 0.05) is 33.2 Å². The molecular weight excluding hydrogens is 324 g/mol. The minimum absolute atomic E-state index is 0.0242. The normalized spacial score (nSPS) is 20.0. The van der Waals surface area contributed by atoms with Crippen molar-refractivity contribution >= 4 is 5.91 Å². The van der Waals surface area contributed by atoms with E-state index in [2.05, 4.69) is 20.3 Å². The standard InChI is InChI=1S/C16H24N6O3/c1-10-15(11(2)22(4)20-10)25-8-14(23)21(3)7-13-12(5-6-24-13)16-17-9-18-19-16/h9,12-13H,5-8H2,1-4H3,(H,17,18,19)/t12-,13-/m1/s1. The van der Waals surface area contributed by atoms with Gasteiger partial charge in [-0.05, 0) is 20.3 Å². The van der Waals surface area contributed by atoms with Crippen molar-refractivity contribution in [3.05, 3.63) is 23.5 Å². The van der Waals surface area contributed by atoms with Crippen LogP contribution in [0.4, 0.5) is 0 Å². The molecule has 0 spiro atoms. The summed E-state index contributed by atoms with van der Waals surface area (Å²) in [6.45, 7) is 4.90. The summed E-state index contributed by atoms with van der Waals surface area (Å²) in [6, 6.07) is 0. The highest BCUT2D eigenvalue weighted by Crippen LogP contribution is 2.29. The maximum absolute atomic E-state index is 12.4. The molecule has 2 atom stereocenters. The van der Waals surface area contributed by atoms with Crippen molar-refractivity contribution in [1.29, 1.82) is 0 Å². The fraction of sp³-hybridized carbons (Fsp3) is 0.625. The number of rotatable bonds is 6. The van der Waals surface area contributed by atoms with Crippen molar-refractivity contribution in [2.75, 3.05) is 26.8 Å². The van der Waals surface area contributed by atoms with Crippen LogP contribution in [-0.4, -0.2) is 68.7 Å². The Balaban J connectivity index is 1.55. The maximum atomic E-state index is 12.4. The van der Waals surface area contributed by atoms with Crippen LogP contribution >= 0.6 is 0 Å². The largest absolute Gasteiger partial charge is 0.480 e. The fourth-order valence-corrected chi connectivity index (χ4v) is 3.11. The van der Waals surface area contributed by atoms with Gasteiger partial charge in [0.15, 0.2) is 12.4 Å². The quantitative estimate of drug-likeness (QED) is 0.819. The van der Waals surface area contributed by atoms with Gasteiger partial charge < -0.3 is 14.4 Å². The molecule has 136 valence electrons. The monoisotopic (exact) mass is 348 g/mol. The second kappa shape index (κ2) is 7.22. The second-order valence-electron chi connectivity index (χ2n) is 6.36. The summed E-state index contributed by atoms with van der Waals surface area (Å²) in [5, 5.41) is 11.1. The summed E-state index contributed by atoms with van der Waals surface area (Å²) in [7, 11) is 3.61. The van der Waals surface area contributed by atoms with Crippen LogP contribution in [0.3, 0.4) is 0 Å². The van der Waals surface area contributed by atoms with Crippen molar-refractivity contribution < 1.29 is 14.3 Å². The van der Waals surface area contributed by atoms with Crippen molar-refractivity contribution in [3.63, 3.8) is 0 Å². The molecule has 2 aromatic rings. The van der Waals surface area contributed by atoms with E-state index in [0.29, 0.717) is 18.9 Å². The first-order chi connectivity index (χ1) is 12.0. The van der Waals surface area contributed by atoms with Gasteiger partial charge in [0.05, 0.1) is 11.8 Å². The van der Waals surface area contributed by atoms with Gasteiger partial charge in [0.2, 0.25) is 0 Å². The van der Waals surface area contributed by atoms with Crippen LogP contribution < -0.4 is 4.74 Å². The van der Waals surface area contributed by atoms with Crippen LogP contribution in [0.25, 0.3) is 0 Å². The Hall–Kier alpha value is -2.42. The number of aromatic nitrogens is 5. The lowest BCUT2D eigenvalue weighted by atomic mass is 10.0. The van der Waals surface area contributed by atoms with Crippen LogP contribution in [0, 0.1) is 13.8 Å². The molecule has 0 saturated carbocycles. The smallest absolute Gasteiger partial charge is 0.260 e. The number of ether oxygens (including phenoxy) is 2. The maximum Gasteiger partial charge on any atom is 0.260 e. The molecule has 9 nitrogen and oxygen atoms in total. The Labute approximate surface area is 146 Å². The minimum atomic E-state index is -0.102. The summed E-state index contributed by atoms with van der Waals surface area (Å²) >= 11 is 0. The Morgan fingerprint density at radius 3 is 2.96 bits per heavy atom. The van der Waals surface area contributed by atoms with Gasteiger partial charge >= 0.3 is 0 Å². The topological polar surface area (TPSA) is 98.2 Å². The van der Waals surface area contributed by atoms with E-state index in [1.54, 1.807) is 16.6 Å². The highest BCUT2D eigenvalue weighted by atomic mass is 16.5. The Morgan fingerprint density at radius 2 is 2.32 bits per heavy atom. The average Bonchev–Trinajstić information content (AvgIpc) is 3.28. The van der Waals surface area contributed by atoms with Gasteiger partial charge in [-0.1, -0.05) is 0 Å². The van der Waals surface area contributed by atoms with Crippen LogP contribution in [-0.2, 0) is 16.6 Å². The molecule has 25 heavy (non-hydrogen) atoms. The molecule has 1 amide bonds. The van der Waals surface area contributed by atoms with Crippen LogP contribution in [0.2, 0.25) is 0 Å². The van der Waals surface area contributed by atoms with E-state index in [4.69, 9.17) is 9.47 Å². The van der Waals surface area contributed by atoms with E-state index in [-0.39, 0.29) is 24.5 Å². The summed E-state index contributed by atoms with van der Waals surface area (Å²) in [6.07, 6.45) is 2.27. The number of aryl methyl sites for hydroxylation is 2. The number of nitrogens with zero attached hydrogens (tertiary/aromatic N) is 5. The van der Waals surface area contributed by atoms with Crippen molar-refractivity contribution in [2.45, 2.75) is 32.3 Å². The third kappa shape index (κ3) is 3.65. The number of hydrogen-bond donors (Lipinski definition) is 1. The molecule has 1 aliphatic heterocycles. The van der Waals surface area contributed by atoms with Gasteiger partial charge in [-0.15, -0.1) is 0 Å². The molecule has 0 aromatic carbocycles. The van der Waals surface area contributed by atoms with Crippen LogP contribution in [0.15, 0.2) is 6.33 Å². The number of H-pyrrole nitrogens is 1. The molecule has 1 N–H and O–H groups in total. The lowest BCUT2D eigenvalue weighted by Gasteiger charge is -2.24. The van der Waals surface area contributed by atoms with E-state index in [1.165, 1.54) is 6.33 Å². The van der Waals surface area contributed by atoms with Crippen molar-refractivity contribution in [2.24, 2.45) is 7.05 Å². The molecule has 1 fully saturated rings. The highest BCUT2D eigenvalue weighted by Gasteiger charge is 2.33. The van der Waals surface area contributed by atoms with Gasteiger partial charge in [-0.3, -0.25) is 14.6 Å².